The minimum Gasteiger partial charge on any atom is -0.269 e. The smallest absolute Gasteiger partial charge is 0.0224 e. The third-order valence-corrected chi connectivity index (χ3v) is 2.97. The third-order valence-electron chi connectivity index (χ3n) is 2.97. The van der Waals surface area contributed by atoms with Gasteiger partial charge in [0.15, 0.2) is 0 Å². The summed E-state index contributed by atoms with van der Waals surface area (Å²) in [4.78, 5) is 4.28. The number of hydrogen-bond acceptors (Lipinski definition) is 1. The Morgan fingerprint density at radius 1 is 1.12 bits per heavy atom. The van der Waals surface area contributed by atoms with Crippen molar-refractivity contribution in [3.63, 3.8) is 0 Å². The molecule has 0 fully saturated rings. The van der Waals surface area contributed by atoms with E-state index in [1.165, 1.54) is 44.9 Å². The Bertz CT molecular complexity index is 248. The number of allylic oxidation sites excluding steroid dienone is 3. The van der Waals surface area contributed by atoms with E-state index in [0.717, 1.165) is 12.8 Å². The summed E-state index contributed by atoms with van der Waals surface area (Å²) < 4.78 is 0. The fraction of sp³-hybridized carbons (Fsp3) is 0.667. The Balaban J connectivity index is 2.45. The molecule has 0 aromatic carbocycles. The van der Waals surface area contributed by atoms with Crippen molar-refractivity contribution in [1.82, 2.24) is 0 Å². The number of aliphatic imine (C=N–C) groups is 1. The van der Waals surface area contributed by atoms with Crippen molar-refractivity contribution in [2.75, 3.05) is 0 Å². The van der Waals surface area contributed by atoms with E-state index in [0.29, 0.717) is 0 Å². The maximum Gasteiger partial charge on any atom is 0.0224 e. The average molecular weight is 219 g/mol. The Kier molecular flexibility index (Phi) is 7.75. The van der Waals surface area contributed by atoms with E-state index in [9.17, 15) is 0 Å². The van der Waals surface area contributed by atoms with Crippen molar-refractivity contribution in [3.8, 4) is 0 Å². The highest BCUT2D eigenvalue weighted by molar-refractivity contribution is 5.57. The van der Waals surface area contributed by atoms with Gasteiger partial charge < -0.3 is 0 Å². The highest BCUT2D eigenvalue weighted by Gasteiger charge is 1.96. The van der Waals surface area contributed by atoms with Crippen molar-refractivity contribution >= 4 is 6.21 Å². The van der Waals surface area contributed by atoms with Crippen molar-refractivity contribution in [2.45, 2.75) is 64.7 Å². The number of hydrogen-bond donors (Lipinski definition) is 0. The van der Waals surface area contributed by atoms with E-state index in [1.807, 2.05) is 6.20 Å². The van der Waals surface area contributed by atoms with Crippen LogP contribution in [0.1, 0.15) is 64.7 Å². The molecule has 0 atom stereocenters. The van der Waals surface area contributed by atoms with Crippen LogP contribution in [-0.2, 0) is 0 Å². The van der Waals surface area contributed by atoms with E-state index >= 15 is 0 Å². The monoisotopic (exact) mass is 219 g/mol. The van der Waals surface area contributed by atoms with Crippen LogP contribution >= 0.6 is 0 Å². The first kappa shape index (κ1) is 13.2. The molecule has 0 saturated heterocycles. The van der Waals surface area contributed by atoms with Crippen LogP contribution in [0.3, 0.4) is 0 Å². The lowest BCUT2D eigenvalue weighted by atomic mass is 10.0. The van der Waals surface area contributed by atoms with Gasteiger partial charge in [0.05, 0.1) is 0 Å². The van der Waals surface area contributed by atoms with Gasteiger partial charge in [0, 0.05) is 12.4 Å². The zero-order valence-electron chi connectivity index (χ0n) is 10.6. The topological polar surface area (TPSA) is 12.4 Å². The lowest BCUT2D eigenvalue weighted by molar-refractivity contribution is 0.702. The van der Waals surface area contributed by atoms with Gasteiger partial charge in [-0.2, -0.15) is 0 Å². The van der Waals surface area contributed by atoms with Crippen LogP contribution in [0.25, 0.3) is 0 Å². The molecule has 1 aliphatic rings. The molecular weight excluding hydrogens is 194 g/mol. The van der Waals surface area contributed by atoms with Crippen LogP contribution in [0.2, 0.25) is 0 Å². The Labute approximate surface area is 100 Å². The van der Waals surface area contributed by atoms with Crippen LogP contribution in [0.15, 0.2) is 28.9 Å². The fourth-order valence-corrected chi connectivity index (χ4v) is 2.05. The Morgan fingerprint density at radius 2 is 2.00 bits per heavy atom. The van der Waals surface area contributed by atoms with Gasteiger partial charge in [0.25, 0.3) is 0 Å². The second kappa shape index (κ2) is 9.38. The summed E-state index contributed by atoms with van der Waals surface area (Å²) in [5, 5.41) is 0. The van der Waals surface area contributed by atoms with Crippen LogP contribution in [0.5, 0.6) is 0 Å². The van der Waals surface area contributed by atoms with Crippen molar-refractivity contribution in [3.05, 3.63) is 23.9 Å². The molecule has 0 aromatic rings. The molecule has 90 valence electrons. The van der Waals surface area contributed by atoms with Crippen LogP contribution in [-0.4, -0.2) is 6.21 Å². The first-order chi connectivity index (χ1) is 7.93. The predicted octanol–water partition coefficient (Wildman–Crippen LogP) is 5.04. The van der Waals surface area contributed by atoms with Gasteiger partial charge in [-0.05, 0) is 44.9 Å². The minimum atomic E-state index is 1.13. The molecule has 0 spiro atoms. The van der Waals surface area contributed by atoms with Gasteiger partial charge >= 0.3 is 0 Å². The van der Waals surface area contributed by atoms with Gasteiger partial charge in [-0.15, -0.1) is 0 Å². The van der Waals surface area contributed by atoms with Gasteiger partial charge in [0.1, 0.15) is 0 Å². The van der Waals surface area contributed by atoms with Crippen molar-refractivity contribution in [1.29, 1.82) is 0 Å². The lowest BCUT2D eigenvalue weighted by Crippen LogP contribution is -1.84. The van der Waals surface area contributed by atoms with E-state index in [2.05, 4.69) is 30.3 Å². The average Bonchev–Trinajstić information content (AvgIpc) is 2.31. The third kappa shape index (κ3) is 6.60. The molecule has 0 bridgehead atoms. The second-order valence-corrected chi connectivity index (χ2v) is 4.51. The summed E-state index contributed by atoms with van der Waals surface area (Å²) in [6.45, 7) is 2.27. The molecule has 1 rings (SSSR count). The van der Waals surface area contributed by atoms with E-state index < -0.39 is 0 Å². The molecule has 0 N–H and O–H groups in total. The minimum absolute atomic E-state index is 1.13. The summed E-state index contributed by atoms with van der Waals surface area (Å²) in [7, 11) is 0. The molecule has 1 heterocycles. The molecule has 0 aromatic heterocycles. The molecule has 1 heteroatoms. The highest BCUT2D eigenvalue weighted by atomic mass is 14.7. The van der Waals surface area contributed by atoms with Crippen LogP contribution < -0.4 is 0 Å². The van der Waals surface area contributed by atoms with Gasteiger partial charge in [-0.3, -0.25) is 4.99 Å². The standard InChI is InChI=1S/C15H25N/c1-2-10-15-11-6-4-3-5-8-13-16-14-9-7-12-15/h9,11,13-14H,2-8,10,12H2,1H3/b14-9+,15-11?,16-13?. The number of rotatable bonds is 2. The maximum atomic E-state index is 4.28. The summed E-state index contributed by atoms with van der Waals surface area (Å²) in [6.07, 6.45) is 20.0. The molecule has 0 radical (unpaired) electrons. The van der Waals surface area contributed by atoms with E-state index in [4.69, 9.17) is 0 Å². The summed E-state index contributed by atoms with van der Waals surface area (Å²) in [6, 6.07) is 0. The molecule has 1 nitrogen and oxygen atoms in total. The quantitative estimate of drug-likeness (QED) is 0.577. The molecule has 0 unspecified atom stereocenters. The van der Waals surface area contributed by atoms with Crippen LogP contribution in [0.4, 0.5) is 0 Å². The Morgan fingerprint density at radius 3 is 2.88 bits per heavy atom. The van der Waals surface area contributed by atoms with Crippen LogP contribution in [0, 0.1) is 0 Å². The van der Waals surface area contributed by atoms with E-state index in [-0.39, 0.29) is 0 Å². The van der Waals surface area contributed by atoms with Crippen molar-refractivity contribution in [2.24, 2.45) is 4.99 Å². The maximum absolute atomic E-state index is 4.28. The first-order valence-electron chi connectivity index (χ1n) is 6.78. The number of nitrogens with zero attached hydrogens (tertiary/aromatic N) is 1. The summed E-state index contributed by atoms with van der Waals surface area (Å²) in [5.74, 6) is 0. The SMILES string of the molecule is CCCC1=CCCCCCC=N/C=C/CC1. The molecule has 1 aliphatic heterocycles. The summed E-state index contributed by atoms with van der Waals surface area (Å²) >= 11 is 0. The van der Waals surface area contributed by atoms with Gasteiger partial charge in [-0.1, -0.05) is 37.5 Å². The summed E-state index contributed by atoms with van der Waals surface area (Å²) in [5.41, 5.74) is 1.65. The zero-order valence-corrected chi connectivity index (χ0v) is 10.6. The predicted molar refractivity (Wildman–Crippen MR) is 72.9 cm³/mol. The first-order valence-corrected chi connectivity index (χ1v) is 6.78. The molecule has 0 amide bonds. The second-order valence-electron chi connectivity index (χ2n) is 4.51. The zero-order chi connectivity index (χ0) is 11.5. The van der Waals surface area contributed by atoms with E-state index in [1.54, 1.807) is 5.57 Å². The highest BCUT2D eigenvalue weighted by Crippen LogP contribution is 2.15. The lowest BCUT2D eigenvalue weighted by Gasteiger charge is -2.04. The molecule has 16 heavy (non-hydrogen) atoms. The van der Waals surface area contributed by atoms with Gasteiger partial charge in [0.2, 0.25) is 0 Å². The molecular formula is C15H25N. The van der Waals surface area contributed by atoms with Gasteiger partial charge in [-0.25, -0.2) is 0 Å². The molecule has 0 saturated carbocycles. The normalized spacial score (nSPS) is 21.4. The fourth-order valence-electron chi connectivity index (χ4n) is 2.05. The largest absolute Gasteiger partial charge is 0.269 e. The Hall–Kier alpha value is -0.850. The molecule has 0 aliphatic carbocycles. The van der Waals surface area contributed by atoms with Crippen molar-refractivity contribution < 1.29 is 0 Å².